The van der Waals surface area contributed by atoms with E-state index in [0.717, 1.165) is 12.1 Å². The number of hydrogen-bond acceptors (Lipinski definition) is 2. The summed E-state index contributed by atoms with van der Waals surface area (Å²) in [5.41, 5.74) is -0.187. The molecule has 0 aliphatic carbocycles. The fourth-order valence-corrected chi connectivity index (χ4v) is 1.85. The molecule has 0 bridgehead atoms. The monoisotopic (exact) mass is 340 g/mol. The summed E-state index contributed by atoms with van der Waals surface area (Å²) >= 11 is 0. The Kier molecular flexibility index (Phi) is 6.74. The van der Waals surface area contributed by atoms with Gasteiger partial charge in [-0.25, -0.2) is 13.6 Å². The first-order valence-electron chi connectivity index (χ1n) is 6.83. The van der Waals surface area contributed by atoms with Gasteiger partial charge in [0.25, 0.3) is 0 Å². The Morgan fingerprint density at radius 3 is 2.35 bits per heavy atom. The second kappa shape index (κ2) is 8.09. The van der Waals surface area contributed by atoms with Crippen LogP contribution in [-0.4, -0.2) is 36.0 Å². The Hall–Kier alpha value is -1.90. The Balaban J connectivity index is 2.40. The van der Waals surface area contributed by atoms with Crippen LogP contribution in [0.5, 0.6) is 0 Å². The molecule has 23 heavy (non-hydrogen) atoms. The number of hydrogen-bond donors (Lipinski definition) is 3. The van der Waals surface area contributed by atoms with Crippen LogP contribution in [0, 0.1) is 11.6 Å². The summed E-state index contributed by atoms with van der Waals surface area (Å²) in [6.07, 6.45) is -8.06. The van der Waals surface area contributed by atoms with Gasteiger partial charge in [0.15, 0.2) is 6.10 Å². The molecule has 0 saturated carbocycles. The van der Waals surface area contributed by atoms with Crippen molar-refractivity contribution in [2.75, 3.05) is 6.54 Å². The van der Waals surface area contributed by atoms with Crippen molar-refractivity contribution in [3.05, 3.63) is 35.4 Å². The molecule has 2 amide bonds. The smallest absolute Gasteiger partial charge is 0.384 e. The lowest BCUT2D eigenvalue weighted by Gasteiger charge is -2.17. The van der Waals surface area contributed by atoms with Crippen LogP contribution in [-0.2, 0) is 6.42 Å². The van der Waals surface area contributed by atoms with Crippen molar-refractivity contribution >= 4 is 6.03 Å². The van der Waals surface area contributed by atoms with Crippen molar-refractivity contribution in [3.8, 4) is 0 Å². The van der Waals surface area contributed by atoms with Crippen molar-refractivity contribution < 1.29 is 31.9 Å². The molecule has 0 radical (unpaired) electrons. The number of carbonyl (C=O) groups is 1. The molecule has 1 rings (SSSR count). The second-order valence-electron chi connectivity index (χ2n) is 5.05. The zero-order valence-electron chi connectivity index (χ0n) is 12.3. The third-order valence-electron chi connectivity index (χ3n) is 3.03. The maximum atomic E-state index is 13.4. The van der Waals surface area contributed by atoms with E-state index in [1.807, 2.05) is 0 Å². The fourth-order valence-electron chi connectivity index (χ4n) is 1.85. The van der Waals surface area contributed by atoms with Gasteiger partial charge in [0.2, 0.25) is 0 Å². The second-order valence-corrected chi connectivity index (χ2v) is 5.05. The fraction of sp³-hybridized carbons (Fsp3) is 0.500. The molecule has 0 aliphatic rings. The number of halogens is 5. The number of alkyl halides is 3. The van der Waals surface area contributed by atoms with Crippen molar-refractivity contribution in [1.82, 2.24) is 10.6 Å². The molecule has 0 spiro atoms. The molecule has 4 nitrogen and oxygen atoms in total. The Labute approximate surface area is 129 Å². The molecule has 1 aromatic carbocycles. The van der Waals surface area contributed by atoms with E-state index in [2.05, 4.69) is 10.6 Å². The van der Waals surface area contributed by atoms with Gasteiger partial charge < -0.3 is 15.7 Å². The minimum atomic E-state index is -4.74. The highest BCUT2D eigenvalue weighted by Gasteiger charge is 2.37. The lowest BCUT2D eigenvalue weighted by Crippen LogP contribution is -2.43. The van der Waals surface area contributed by atoms with E-state index in [-0.39, 0.29) is 12.0 Å². The topological polar surface area (TPSA) is 61.4 Å². The van der Waals surface area contributed by atoms with Gasteiger partial charge in [-0.05, 0) is 31.9 Å². The number of benzene rings is 1. The molecule has 0 saturated heterocycles. The van der Waals surface area contributed by atoms with Crippen LogP contribution in [0.4, 0.5) is 26.7 Å². The van der Waals surface area contributed by atoms with Gasteiger partial charge in [0.05, 0.1) is 0 Å². The summed E-state index contributed by atoms with van der Waals surface area (Å²) in [4.78, 5) is 11.5. The summed E-state index contributed by atoms with van der Waals surface area (Å²) in [5.74, 6) is -1.49. The van der Waals surface area contributed by atoms with Crippen molar-refractivity contribution in [2.45, 2.75) is 38.1 Å². The molecule has 0 aliphatic heterocycles. The molecule has 2 atom stereocenters. The summed E-state index contributed by atoms with van der Waals surface area (Å²) < 4.78 is 63.1. The first-order chi connectivity index (χ1) is 10.6. The van der Waals surface area contributed by atoms with Crippen LogP contribution < -0.4 is 10.6 Å². The van der Waals surface area contributed by atoms with Crippen LogP contribution in [0.1, 0.15) is 18.9 Å². The van der Waals surface area contributed by atoms with E-state index < -0.39 is 49.0 Å². The SMILES string of the molecule is C[C@@H](Cc1c(F)cccc1F)NC(=O)NCC[C@@H](O)C(F)(F)F. The Morgan fingerprint density at radius 2 is 1.83 bits per heavy atom. The normalized spacial score (nSPS) is 14.2. The maximum Gasteiger partial charge on any atom is 0.414 e. The average molecular weight is 340 g/mol. The molecule has 0 heterocycles. The van der Waals surface area contributed by atoms with Gasteiger partial charge >= 0.3 is 12.2 Å². The summed E-state index contributed by atoms with van der Waals surface area (Å²) in [7, 11) is 0. The predicted molar refractivity (Wildman–Crippen MR) is 72.7 cm³/mol. The summed E-state index contributed by atoms with van der Waals surface area (Å²) in [5, 5.41) is 13.2. The number of nitrogens with one attached hydrogen (secondary N) is 2. The van der Waals surface area contributed by atoms with E-state index in [4.69, 9.17) is 5.11 Å². The maximum absolute atomic E-state index is 13.4. The van der Waals surface area contributed by atoms with E-state index in [1.165, 1.54) is 13.0 Å². The predicted octanol–water partition coefficient (Wildman–Crippen LogP) is 2.51. The van der Waals surface area contributed by atoms with Crippen molar-refractivity contribution in [1.29, 1.82) is 0 Å². The zero-order valence-corrected chi connectivity index (χ0v) is 12.3. The Morgan fingerprint density at radius 1 is 1.26 bits per heavy atom. The van der Waals surface area contributed by atoms with Crippen LogP contribution >= 0.6 is 0 Å². The van der Waals surface area contributed by atoms with Gasteiger partial charge in [0, 0.05) is 18.2 Å². The molecule has 1 aromatic rings. The first kappa shape index (κ1) is 19.1. The molecule has 0 aromatic heterocycles. The minimum Gasteiger partial charge on any atom is -0.384 e. The van der Waals surface area contributed by atoms with Crippen LogP contribution in [0.2, 0.25) is 0 Å². The lowest BCUT2D eigenvalue weighted by atomic mass is 10.1. The van der Waals surface area contributed by atoms with Gasteiger partial charge in [-0.2, -0.15) is 13.2 Å². The van der Waals surface area contributed by atoms with E-state index >= 15 is 0 Å². The minimum absolute atomic E-state index is 0.114. The van der Waals surface area contributed by atoms with Gasteiger partial charge in [0.1, 0.15) is 11.6 Å². The quantitative estimate of drug-likeness (QED) is 0.697. The number of urea groups is 1. The molecule has 0 unspecified atom stereocenters. The third kappa shape index (κ3) is 6.39. The van der Waals surface area contributed by atoms with E-state index in [9.17, 15) is 26.7 Å². The average Bonchev–Trinajstić information content (AvgIpc) is 2.41. The molecular weight excluding hydrogens is 323 g/mol. The number of rotatable bonds is 6. The lowest BCUT2D eigenvalue weighted by molar-refractivity contribution is -0.204. The third-order valence-corrected chi connectivity index (χ3v) is 3.03. The van der Waals surface area contributed by atoms with Crippen molar-refractivity contribution in [3.63, 3.8) is 0 Å². The van der Waals surface area contributed by atoms with E-state index in [1.54, 1.807) is 0 Å². The number of aliphatic hydroxyl groups excluding tert-OH is 1. The summed E-state index contributed by atoms with van der Waals surface area (Å²) in [6, 6.07) is 1.95. The highest BCUT2D eigenvalue weighted by molar-refractivity contribution is 5.74. The van der Waals surface area contributed by atoms with Crippen molar-refractivity contribution in [2.24, 2.45) is 0 Å². The highest BCUT2D eigenvalue weighted by Crippen LogP contribution is 2.21. The molecule has 130 valence electrons. The molecular formula is C14H17F5N2O2. The number of aliphatic hydroxyl groups is 1. The standard InChI is InChI=1S/C14H17F5N2O2/c1-8(7-9-10(15)3-2-4-11(9)16)21-13(23)20-6-5-12(22)14(17,18)19/h2-4,8,12,22H,5-7H2,1H3,(H2,20,21,23)/t8-,12+/m0/s1. The highest BCUT2D eigenvalue weighted by atomic mass is 19.4. The van der Waals surface area contributed by atoms with Gasteiger partial charge in [-0.15, -0.1) is 0 Å². The van der Waals surface area contributed by atoms with Crippen LogP contribution in [0.3, 0.4) is 0 Å². The number of amides is 2. The molecule has 0 fully saturated rings. The molecule has 9 heteroatoms. The van der Waals surface area contributed by atoms with Gasteiger partial charge in [-0.3, -0.25) is 0 Å². The molecule has 3 N–H and O–H groups in total. The zero-order chi connectivity index (χ0) is 17.6. The van der Waals surface area contributed by atoms with E-state index in [0.29, 0.717) is 0 Å². The Bertz CT molecular complexity index is 516. The summed E-state index contributed by atoms with van der Waals surface area (Å²) in [6.45, 7) is 1.10. The number of carbonyl (C=O) groups excluding carboxylic acids is 1. The van der Waals surface area contributed by atoms with Gasteiger partial charge in [-0.1, -0.05) is 6.07 Å². The van der Waals surface area contributed by atoms with Crippen LogP contribution in [0.15, 0.2) is 18.2 Å². The largest absolute Gasteiger partial charge is 0.414 e. The van der Waals surface area contributed by atoms with Crippen LogP contribution in [0.25, 0.3) is 0 Å². The first-order valence-corrected chi connectivity index (χ1v) is 6.83.